The van der Waals surface area contributed by atoms with Gasteiger partial charge in [0.1, 0.15) is 0 Å². The molecule has 0 bridgehead atoms. The average molecular weight is 279 g/mol. The lowest BCUT2D eigenvalue weighted by Crippen LogP contribution is -2.51. The van der Waals surface area contributed by atoms with Gasteiger partial charge < -0.3 is 5.11 Å². The summed E-state index contributed by atoms with van der Waals surface area (Å²) in [6.07, 6.45) is 14.1. The van der Waals surface area contributed by atoms with Crippen LogP contribution in [0.4, 0.5) is 0 Å². The molecule has 3 fully saturated rings. The molecular weight excluding hydrogens is 250 g/mol. The van der Waals surface area contributed by atoms with Crippen LogP contribution >= 0.6 is 0 Å². The minimum Gasteiger partial charge on any atom is -0.481 e. The average Bonchev–Trinajstić information content (AvgIpc) is 2.49. The molecule has 0 radical (unpaired) electrons. The molecule has 20 heavy (non-hydrogen) atoms. The number of carboxylic acids is 1. The molecule has 3 rings (SSSR count). The van der Waals surface area contributed by atoms with Gasteiger partial charge in [0.25, 0.3) is 0 Å². The SMILES string of the molecule is O=C(O)C1CCCCC1N1CCC2(CCCCC2)CC1. The highest BCUT2D eigenvalue weighted by Gasteiger charge is 2.40. The summed E-state index contributed by atoms with van der Waals surface area (Å²) in [6.45, 7) is 2.29. The minimum absolute atomic E-state index is 0.107. The maximum absolute atomic E-state index is 11.5. The zero-order valence-corrected chi connectivity index (χ0v) is 12.6. The number of carbonyl (C=O) groups is 1. The fourth-order valence-electron chi connectivity index (χ4n) is 4.97. The Balaban J connectivity index is 1.60. The Kier molecular flexibility index (Phi) is 4.34. The number of rotatable bonds is 2. The van der Waals surface area contributed by atoms with E-state index >= 15 is 0 Å². The lowest BCUT2D eigenvalue weighted by Gasteiger charge is -2.48. The molecule has 2 saturated carbocycles. The Morgan fingerprint density at radius 3 is 2.20 bits per heavy atom. The molecule has 0 amide bonds. The molecule has 0 aromatic heterocycles. The van der Waals surface area contributed by atoms with E-state index in [-0.39, 0.29) is 5.92 Å². The second kappa shape index (κ2) is 6.05. The van der Waals surface area contributed by atoms with Crippen LogP contribution in [0.5, 0.6) is 0 Å². The summed E-state index contributed by atoms with van der Waals surface area (Å²) >= 11 is 0. The molecule has 1 heterocycles. The van der Waals surface area contributed by atoms with Crippen molar-refractivity contribution in [1.82, 2.24) is 4.90 Å². The summed E-state index contributed by atoms with van der Waals surface area (Å²) in [5.74, 6) is -0.670. The van der Waals surface area contributed by atoms with Crippen LogP contribution in [0.2, 0.25) is 0 Å². The Morgan fingerprint density at radius 1 is 0.900 bits per heavy atom. The number of hydrogen-bond acceptors (Lipinski definition) is 2. The first-order valence-electron chi connectivity index (χ1n) is 8.67. The predicted molar refractivity (Wildman–Crippen MR) is 79.7 cm³/mol. The third kappa shape index (κ3) is 2.88. The first-order valence-corrected chi connectivity index (χ1v) is 8.67. The number of aliphatic carboxylic acids is 1. The van der Waals surface area contributed by atoms with Gasteiger partial charge in [-0.05, 0) is 57.0 Å². The molecular formula is C17H29NO2. The van der Waals surface area contributed by atoms with E-state index in [1.54, 1.807) is 0 Å². The van der Waals surface area contributed by atoms with Gasteiger partial charge in [0.2, 0.25) is 0 Å². The molecule has 3 nitrogen and oxygen atoms in total. The highest BCUT2D eigenvalue weighted by Crippen LogP contribution is 2.45. The van der Waals surface area contributed by atoms with E-state index in [1.165, 1.54) is 51.4 Å². The summed E-state index contributed by atoms with van der Waals surface area (Å²) in [7, 11) is 0. The predicted octanol–water partition coefficient (Wildman–Crippen LogP) is 3.68. The number of hydrogen-bond donors (Lipinski definition) is 1. The Hall–Kier alpha value is -0.570. The zero-order valence-electron chi connectivity index (χ0n) is 12.6. The van der Waals surface area contributed by atoms with Crippen LogP contribution in [0.15, 0.2) is 0 Å². The minimum atomic E-state index is -0.562. The smallest absolute Gasteiger partial charge is 0.308 e. The maximum atomic E-state index is 11.5. The maximum Gasteiger partial charge on any atom is 0.308 e. The van der Waals surface area contributed by atoms with E-state index in [1.807, 2.05) is 0 Å². The van der Waals surface area contributed by atoms with E-state index in [0.29, 0.717) is 11.5 Å². The van der Waals surface area contributed by atoms with Gasteiger partial charge in [0.05, 0.1) is 5.92 Å². The van der Waals surface area contributed by atoms with Gasteiger partial charge in [-0.2, -0.15) is 0 Å². The Bertz CT molecular complexity index is 339. The van der Waals surface area contributed by atoms with Gasteiger partial charge in [-0.15, -0.1) is 0 Å². The highest BCUT2D eigenvalue weighted by molar-refractivity contribution is 5.71. The van der Waals surface area contributed by atoms with Gasteiger partial charge >= 0.3 is 5.97 Å². The molecule has 1 aliphatic heterocycles. The number of likely N-dealkylation sites (tertiary alicyclic amines) is 1. The molecule has 2 aliphatic carbocycles. The first kappa shape index (κ1) is 14.4. The quantitative estimate of drug-likeness (QED) is 0.838. The van der Waals surface area contributed by atoms with Crippen molar-refractivity contribution in [1.29, 1.82) is 0 Å². The van der Waals surface area contributed by atoms with Crippen LogP contribution in [-0.2, 0) is 4.79 Å². The number of piperidine rings is 1. The van der Waals surface area contributed by atoms with Crippen LogP contribution < -0.4 is 0 Å². The normalized spacial score (nSPS) is 35.0. The van der Waals surface area contributed by atoms with Crippen LogP contribution in [-0.4, -0.2) is 35.1 Å². The van der Waals surface area contributed by atoms with Gasteiger partial charge in [0.15, 0.2) is 0 Å². The van der Waals surface area contributed by atoms with Crippen LogP contribution in [0.1, 0.15) is 70.6 Å². The van der Waals surface area contributed by atoms with Crippen LogP contribution in [0, 0.1) is 11.3 Å². The van der Waals surface area contributed by atoms with Gasteiger partial charge in [-0.1, -0.05) is 32.1 Å². The van der Waals surface area contributed by atoms with Gasteiger partial charge in [0, 0.05) is 6.04 Å². The molecule has 2 unspecified atom stereocenters. The topological polar surface area (TPSA) is 40.5 Å². The molecule has 0 aromatic carbocycles. The first-order chi connectivity index (χ1) is 9.70. The lowest BCUT2D eigenvalue weighted by atomic mass is 9.67. The third-order valence-corrected chi connectivity index (χ3v) is 6.29. The van der Waals surface area contributed by atoms with Crippen molar-refractivity contribution in [3.63, 3.8) is 0 Å². The molecule has 2 atom stereocenters. The van der Waals surface area contributed by atoms with Crippen molar-refractivity contribution >= 4 is 5.97 Å². The zero-order chi connectivity index (χ0) is 14.0. The van der Waals surface area contributed by atoms with Crippen molar-refractivity contribution in [3.8, 4) is 0 Å². The summed E-state index contributed by atoms with van der Waals surface area (Å²) in [5.41, 5.74) is 0.627. The van der Waals surface area contributed by atoms with E-state index in [0.717, 1.165) is 32.4 Å². The van der Waals surface area contributed by atoms with E-state index in [4.69, 9.17) is 0 Å². The summed E-state index contributed by atoms with van der Waals surface area (Å²) < 4.78 is 0. The van der Waals surface area contributed by atoms with Crippen molar-refractivity contribution in [2.24, 2.45) is 11.3 Å². The summed E-state index contributed by atoms with van der Waals surface area (Å²) in [4.78, 5) is 14.0. The second-order valence-corrected chi connectivity index (χ2v) is 7.39. The van der Waals surface area contributed by atoms with E-state index in [9.17, 15) is 9.90 Å². The standard InChI is InChI=1S/C17H29NO2/c19-16(20)14-6-2-3-7-15(14)18-12-10-17(11-13-18)8-4-1-5-9-17/h14-15H,1-13H2,(H,19,20). The van der Waals surface area contributed by atoms with Crippen molar-refractivity contribution < 1.29 is 9.90 Å². The van der Waals surface area contributed by atoms with Gasteiger partial charge in [-0.3, -0.25) is 9.69 Å². The monoisotopic (exact) mass is 279 g/mol. The molecule has 3 heteroatoms. The van der Waals surface area contributed by atoms with Crippen LogP contribution in [0.3, 0.4) is 0 Å². The van der Waals surface area contributed by atoms with E-state index < -0.39 is 5.97 Å². The van der Waals surface area contributed by atoms with Gasteiger partial charge in [-0.25, -0.2) is 0 Å². The largest absolute Gasteiger partial charge is 0.481 e. The van der Waals surface area contributed by atoms with Crippen molar-refractivity contribution in [3.05, 3.63) is 0 Å². The Labute approximate surface area is 122 Å². The van der Waals surface area contributed by atoms with E-state index in [2.05, 4.69) is 4.90 Å². The molecule has 1 saturated heterocycles. The second-order valence-electron chi connectivity index (χ2n) is 7.39. The summed E-state index contributed by atoms with van der Waals surface area (Å²) in [5, 5.41) is 9.45. The molecule has 3 aliphatic rings. The fraction of sp³-hybridized carbons (Fsp3) is 0.941. The van der Waals surface area contributed by atoms with Crippen LogP contribution in [0.25, 0.3) is 0 Å². The number of nitrogens with zero attached hydrogens (tertiary/aromatic N) is 1. The van der Waals surface area contributed by atoms with Crippen molar-refractivity contribution in [2.45, 2.75) is 76.7 Å². The number of carboxylic acid groups (broad SMARTS) is 1. The molecule has 1 spiro atoms. The summed E-state index contributed by atoms with van der Waals surface area (Å²) in [6, 6.07) is 0.321. The van der Waals surface area contributed by atoms with Crippen molar-refractivity contribution in [2.75, 3.05) is 13.1 Å². The fourth-order valence-corrected chi connectivity index (χ4v) is 4.97. The molecule has 0 aromatic rings. The molecule has 114 valence electrons. The lowest BCUT2D eigenvalue weighted by molar-refractivity contribution is -0.146. The Morgan fingerprint density at radius 2 is 1.55 bits per heavy atom. The highest BCUT2D eigenvalue weighted by atomic mass is 16.4. The third-order valence-electron chi connectivity index (χ3n) is 6.29. The molecule has 1 N–H and O–H groups in total.